The van der Waals surface area contributed by atoms with Gasteiger partial charge in [0.25, 0.3) is 0 Å². The Bertz CT molecular complexity index is 531. The highest BCUT2D eigenvalue weighted by atomic mass is 35.5. The van der Waals surface area contributed by atoms with E-state index in [1.807, 2.05) is 6.07 Å². The van der Waals surface area contributed by atoms with Gasteiger partial charge in [-0.2, -0.15) is 0 Å². The Balaban J connectivity index is 2.08. The molecule has 2 rings (SSSR count). The Kier molecular flexibility index (Phi) is 5.95. The summed E-state index contributed by atoms with van der Waals surface area (Å²) < 4.78 is 11.2. The van der Waals surface area contributed by atoms with E-state index in [1.165, 1.54) is 0 Å². The first kappa shape index (κ1) is 16.9. The largest absolute Gasteiger partial charge is 0.489 e. The Hall–Kier alpha value is -1.42. The first-order valence-corrected chi connectivity index (χ1v) is 8.26. The van der Waals surface area contributed by atoms with Crippen LogP contribution in [0.5, 0.6) is 11.5 Å². The van der Waals surface area contributed by atoms with E-state index in [0.717, 1.165) is 18.4 Å². The standard InChI is InChI=1S/C17H24ClNO3/c1-4-14(11(2)3)19-16(20)10-12-8-13(18)17-15(9-12)21-6-5-7-22-17/h8-9,11,14H,4-7,10H2,1-3H3,(H,19,20)/t14-/m0/s1. The van der Waals surface area contributed by atoms with Crippen molar-refractivity contribution in [1.82, 2.24) is 5.32 Å². The van der Waals surface area contributed by atoms with E-state index < -0.39 is 0 Å². The molecule has 1 amide bonds. The molecule has 0 radical (unpaired) electrons. The van der Waals surface area contributed by atoms with Crippen molar-refractivity contribution in [3.8, 4) is 11.5 Å². The molecule has 1 aromatic carbocycles. The molecule has 1 aromatic rings. The lowest BCUT2D eigenvalue weighted by Gasteiger charge is -2.21. The monoisotopic (exact) mass is 325 g/mol. The number of ether oxygens (including phenoxy) is 2. The lowest BCUT2D eigenvalue weighted by atomic mass is 10.0. The minimum atomic E-state index is 0.00565. The highest BCUT2D eigenvalue weighted by molar-refractivity contribution is 6.32. The molecule has 1 atom stereocenters. The van der Waals surface area contributed by atoms with Crippen molar-refractivity contribution in [1.29, 1.82) is 0 Å². The van der Waals surface area contributed by atoms with Crippen molar-refractivity contribution in [3.63, 3.8) is 0 Å². The average Bonchev–Trinajstić information content (AvgIpc) is 2.70. The molecular formula is C17H24ClNO3. The van der Waals surface area contributed by atoms with Crippen LogP contribution in [-0.2, 0) is 11.2 Å². The number of rotatable bonds is 5. The number of carbonyl (C=O) groups is 1. The van der Waals surface area contributed by atoms with Crippen molar-refractivity contribution in [3.05, 3.63) is 22.7 Å². The first-order valence-electron chi connectivity index (χ1n) is 7.88. The van der Waals surface area contributed by atoms with Gasteiger partial charge in [-0.1, -0.05) is 32.4 Å². The van der Waals surface area contributed by atoms with Gasteiger partial charge < -0.3 is 14.8 Å². The van der Waals surface area contributed by atoms with Gasteiger partial charge >= 0.3 is 0 Å². The lowest BCUT2D eigenvalue weighted by molar-refractivity contribution is -0.121. The van der Waals surface area contributed by atoms with Gasteiger partial charge in [0.2, 0.25) is 5.91 Å². The summed E-state index contributed by atoms with van der Waals surface area (Å²) in [7, 11) is 0. The highest BCUT2D eigenvalue weighted by Gasteiger charge is 2.18. The Morgan fingerprint density at radius 1 is 1.32 bits per heavy atom. The Labute approximate surface area is 137 Å². The Morgan fingerprint density at radius 3 is 2.73 bits per heavy atom. The molecule has 0 aromatic heterocycles. The van der Waals surface area contributed by atoms with Gasteiger partial charge in [-0.15, -0.1) is 0 Å². The third-order valence-corrected chi connectivity index (χ3v) is 4.10. The van der Waals surface area contributed by atoms with Crippen molar-refractivity contribution in [2.45, 2.75) is 46.1 Å². The van der Waals surface area contributed by atoms with Crippen LogP contribution in [0.2, 0.25) is 5.02 Å². The number of halogens is 1. The van der Waals surface area contributed by atoms with Gasteiger partial charge in [-0.3, -0.25) is 4.79 Å². The molecule has 0 aliphatic carbocycles. The molecule has 122 valence electrons. The maximum absolute atomic E-state index is 12.2. The molecule has 0 bridgehead atoms. The zero-order valence-electron chi connectivity index (χ0n) is 13.4. The lowest BCUT2D eigenvalue weighted by Crippen LogP contribution is -2.38. The number of carbonyl (C=O) groups excluding carboxylic acids is 1. The van der Waals surface area contributed by atoms with Gasteiger partial charge in [0, 0.05) is 12.5 Å². The smallest absolute Gasteiger partial charge is 0.224 e. The van der Waals surface area contributed by atoms with Crippen LogP contribution in [0.1, 0.15) is 39.2 Å². The van der Waals surface area contributed by atoms with Crippen LogP contribution in [0, 0.1) is 5.92 Å². The van der Waals surface area contributed by atoms with Crippen molar-refractivity contribution < 1.29 is 14.3 Å². The molecule has 1 aliphatic heterocycles. The molecule has 0 unspecified atom stereocenters. The molecule has 1 heterocycles. The van der Waals surface area contributed by atoms with Crippen LogP contribution in [0.4, 0.5) is 0 Å². The van der Waals surface area contributed by atoms with E-state index in [0.29, 0.717) is 42.1 Å². The van der Waals surface area contributed by atoms with Gasteiger partial charge in [0.05, 0.1) is 24.7 Å². The molecule has 0 saturated heterocycles. The third-order valence-electron chi connectivity index (χ3n) is 3.82. The van der Waals surface area contributed by atoms with Gasteiger partial charge in [-0.25, -0.2) is 0 Å². The van der Waals surface area contributed by atoms with E-state index in [-0.39, 0.29) is 11.9 Å². The van der Waals surface area contributed by atoms with Crippen LogP contribution < -0.4 is 14.8 Å². The van der Waals surface area contributed by atoms with E-state index in [9.17, 15) is 4.79 Å². The van der Waals surface area contributed by atoms with Crippen molar-refractivity contribution >= 4 is 17.5 Å². The molecule has 1 N–H and O–H groups in total. The number of nitrogens with one attached hydrogen (secondary N) is 1. The summed E-state index contributed by atoms with van der Waals surface area (Å²) in [5.41, 5.74) is 0.838. The second kappa shape index (κ2) is 7.73. The van der Waals surface area contributed by atoms with Gasteiger partial charge in [0.1, 0.15) is 0 Å². The predicted octanol–water partition coefficient (Wildman–Crippen LogP) is 3.59. The minimum absolute atomic E-state index is 0.00565. The quantitative estimate of drug-likeness (QED) is 0.900. The normalized spacial score (nSPS) is 15.3. The molecular weight excluding hydrogens is 302 g/mol. The van der Waals surface area contributed by atoms with E-state index >= 15 is 0 Å². The maximum Gasteiger partial charge on any atom is 0.224 e. The Morgan fingerprint density at radius 2 is 2.05 bits per heavy atom. The second-order valence-electron chi connectivity index (χ2n) is 5.96. The van der Waals surface area contributed by atoms with Gasteiger partial charge in [0.15, 0.2) is 11.5 Å². The minimum Gasteiger partial charge on any atom is -0.489 e. The summed E-state index contributed by atoms with van der Waals surface area (Å²) >= 11 is 6.25. The van der Waals surface area contributed by atoms with Crippen LogP contribution in [0.25, 0.3) is 0 Å². The molecule has 0 fully saturated rings. The van der Waals surface area contributed by atoms with Crippen LogP contribution >= 0.6 is 11.6 Å². The summed E-state index contributed by atoms with van der Waals surface area (Å²) in [5, 5.41) is 3.57. The summed E-state index contributed by atoms with van der Waals surface area (Å²) in [6.07, 6.45) is 2.04. The maximum atomic E-state index is 12.2. The summed E-state index contributed by atoms with van der Waals surface area (Å²) in [6, 6.07) is 3.83. The summed E-state index contributed by atoms with van der Waals surface area (Å²) in [6.45, 7) is 7.50. The average molecular weight is 326 g/mol. The number of fused-ring (bicyclic) bond motifs is 1. The van der Waals surface area contributed by atoms with Gasteiger partial charge in [-0.05, 0) is 30.0 Å². The molecule has 5 heteroatoms. The number of benzene rings is 1. The molecule has 4 nitrogen and oxygen atoms in total. The zero-order chi connectivity index (χ0) is 16.1. The SMILES string of the molecule is CC[C@H](NC(=O)Cc1cc(Cl)c2c(c1)OCCCO2)C(C)C. The fourth-order valence-corrected chi connectivity index (χ4v) is 2.86. The highest BCUT2D eigenvalue weighted by Crippen LogP contribution is 2.38. The van der Waals surface area contributed by atoms with E-state index in [2.05, 4.69) is 26.1 Å². The molecule has 1 aliphatic rings. The van der Waals surface area contributed by atoms with Crippen molar-refractivity contribution in [2.24, 2.45) is 5.92 Å². The topological polar surface area (TPSA) is 47.6 Å². The van der Waals surface area contributed by atoms with Crippen LogP contribution in [-0.4, -0.2) is 25.2 Å². The summed E-state index contributed by atoms with van der Waals surface area (Å²) in [4.78, 5) is 12.2. The number of hydrogen-bond donors (Lipinski definition) is 1. The van der Waals surface area contributed by atoms with Crippen LogP contribution in [0.15, 0.2) is 12.1 Å². The first-order chi connectivity index (χ1) is 10.5. The van der Waals surface area contributed by atoms with E-state index in [4.69, 9.17) is 21.1 Å². The number of hydrogen-bond acceptors (Lipinski definition) is 3. The number of amides is 1. The second-order valence-corrected chi connectivity index (χ2v) is 6.37. The summed E-state index contributed by atoms with van der Waals surface area (Å²) in [5.74, 6) is 1.63. The third kappa shape index (κ3) is 4.29. The molecule has 0 spiro atoms. The predicted molar refractivity (Wildman–Crippen MR) is 87.8 cm³/mol. The fourth-order valence-electron chi connectivity index (χ4n) is 2.57. The van der Waals surface area contributed by atoms with Crippen molar-refractivity contribution in [2.75, 3.05) is 13.2 Å². The molecule has 0 saturated carbocycles. The zero-order valence-corrected chi connectivity index (χ0v) is 14.2. The fraction of sp³-hybridized carbons (Fsp3) is 0.588. The molecule has 22 heavy (non-hydrogen) atoms. The van der Waals surface area contributed by atoms with E-state index in [1.54, 1.807) is 6.07 Å². The van der Waals surface area contributed by atoms with Crippen LogP contribution in [0.3, 0.4) is 0 Å².